The van der Waals surface area contributed by atoms with E-state index < -0.39 is 23.2 Å². The van der Waals surface area contributed by atoms with Gasteiger partial charge in [-0.1, -0.05) is 6.92 Å². The van der Waals surface area contributed by atoms with Gasteiger partial charge in [0.1, 0.15) is 0 Å². The van der Waals surface area contributed by atoms with E-state index in [0.717, 1.165) is 4.90 Å². The lowest BCUT2D eigenvalue weighted by Gasteiger charge is -2.34. The van der Waals surface area contributed by atoms with Crippen LogP contribution in [0.5, 0.6) is 0 Å². The Morgan fingerprint density at radius 3 is 2.56 bits per heavy atom. The van der Waals surface area contributed by atoms with Crippen molar-refractivity contribution >= 4 is 30.3 Å². The molecule has 0 radical (unpaired) electrons. The number of carbonyl (C=O) groups is 3. The minimum absolute atomic E-state index is 0.128. The van der Waals surface area contributed by atoms with Crippen molar-refractivity contribution in [3.8, 4) is 0 Å². The van der Waals surface area contributed by atoms with Crippen LogP contribution in [0, 0.1) is 5.92 Å². The van der Waals surface area contributed by atoms with Crippen LogP contribution in [-0.2, 0) is 14.4 Å². The number of carboxylic acid groups (broad SMARTS) is 1. The normalized spacial score (nSPS) is 24.9. The molecule has 0 bridgehead atoms. The summed E-state index contributed by atoms with van der Waals surface area (Å²) in [7, 11) is 0. The topological polar surface area (TPSA) is 101 Å². The minimum Gasteiger partial charge on any atom is -0.479 e. The number of thiol groups is 1. The van der Waals surface area contributed by atoms with Crippen molar-refractivity contribution in [2.75, 3.05) is 18.8 Å². The van der Waals surface area contributed by atoms with E-state index in [1.807, 2.05) is 0 Å². The molecule has 1 rings (SSSR count). The zero-order valence-corrected chi connectivity index (χ0v) is 11.2. The Kier molecular flexibility index (Phi) is 4.75. The van der Waals surface area contributed by atoms with E-state index in [0.29, 0.717) is 12.2 Å². The summed E-state index contributed by atoms with van der Waals surface area (Å²) in [5, 5.41) is 9.35. The Hall–Kier alpha value is -1.08. The molecule has 0 saturated carbocycles. The van der Waals surface area contributed by atoms with Gasteiger partial charge >= 0.3 is 5.97 Å². The summed E-state index contributed by atoms with van der Waals surface area (Å²) >= 11 is 4.03. The third-order valence-corrected chi connectivity index (χ3v) is 3.89. The first-order valence-corrected chi connectivity index (χ1v) is 6.44. The van der Waals surface area contributed by atoms with Gasteiger partial charge in [-0.15, -0.1) is 0 Å². The zero-order chi connectivity index (χ0) is 13.9. The van der Waals surface area contributed by atoms with Crippen molar-refractivity contribution in [1.29, 1.82) is 0 Å². The quantitative estimate of drug-likeness (QED) is 0.464. The Balaban J connectivity index is 3.13. The van der Waals surface area contributed by atoms with E-state index in [2.05, 4.69) is 12.6 Å². The van der Waals surface area contributed by atoms with Gasteiger partial charge in [0.25, 0.3) is 0 Å². The first-order chi connectivity index (χ1) is 8.41. The van der Waals surface area contributed by atoms with Gasteiger partial charge in [-0.25, -0.2) is 4.79 Å². The highest BCUT2D eigenvalue weighted by molar-refractivity contribution is 7.80. The van der Waals surface area contributed by atoms with Crippen LogP contribution in [-0.4, -0.2) is 52.0 Å². The van der Waals surface area contributed by atoms with Crippen molar-refractivity contribution in [2.24, 2.45) is 11.7 Å². The summed E-state index contributed by atoms with van der Waals surface area (Å²) in [5.74, 6) is -2.38. The number of aliphatic carboxylic acids is 1. The lowest BCUT2D eigenvalue weighted by atomic mass is 9.90. The van der Waals surface area contributed by atoms with Crippen LogP contribution >= 0.6 is 12.6 Å². The van der Waals surface area contributed by atoms with Crippen LogP contribution in [0.1, 0.15) is 19.8 Å². The van der Waals surface area contributed by atoms with Gasteiger partial charge < -0.3 is 15.7 Å². The molecule has 1 unspecified atom stereocenters. The second-order valence-corrected chi connectivity index (χ2v) is 4.83. The Morgan fingerprint density at radius 1 is 1.50 bits per heavy atom. The van der Waals surface area contributed by atoms with Crippen molar-refractivity contribution in [2.45, 2.75) is 25.3 Å². The first-order valence-electron chi connectivity index (χ1n) is 5.81. The van der Waals surface area contributed by atoms with E-state index in [9.17, 15) is 19.5 Å². The summed E-state index contributed by atoms with van der Waals surface area (Å²) in [4.78, 5) is 36.6. The number of hydrogen-bond acceptors (Lipinski definition) is 5. The van der Waals surface area contributed by atoms with Crippen molar-refractivity contribution < 1.29 is 19.5 Å². The van der Waals surface area contributed by atoms with Crippen molar-refractivity contribution in [3.63, 3.8) is 0 Å². The molecule has 1 aliphatic heterocycles. The Bertz CT molecular complexity index is 374. The SMILES string of the molecule is CC(CS)C(=O)N1CCC[C@@]1(C(=O)O)C(=O)CN. The number of nitrogens with two attached hydrogens (primary N) is 1. The molecule has 18 heavy (non-hydrogen) atoms. The van der Waals surface area contributed by atoms with E-state index in [1.54, 1.807) is 6.92 Å². The smallest absolute Gasteiger partial charge is 0.337 e. The van der Waals surface area contributed by atoms with Crippen LogP contribution < -0.4 is 5.73 Å². The maximum Gasteiger partial charge on any atom is 0.337 e. The molecule has 0 aromatic rings. The summed E-state index contributed by atoms with van der Waals surface area (Å²) in [6.07, 6.45) is 0.618. The molecule has 1 aliphatic rings. The molecule has 1 saturated heterocycles. The van der Waals surface area contributed by atoms with Crippen LogP contribution in [0.3, 0.4) is 0 Å². The molecule has 1 heterocycles. The third kappa shape index (κ3) is 2.24. The number of carbonyl (C=O) groups excluding carboxylic acids is 2. The molecule has 7 heteroatoms. The zero-order valence-electron chi connectivity index (χ0n) is 10.3. The van der Waals surface area contributed by atoms with Gasteiger partial charge in [-0.3, -0.25) is 9.59 Å². The monoisotopic (exact) mass is 274 g/mol. The number of carboxylic acids is 1. The van der Waals surface area contributed by atoms with Crippen LogP contribution in [0.15, 0.2) is 0 Å². The Labute approximate surface area is 111 Å². The summed E-state index contributed by atoms with van der Waals surface area (Å²) in [5.41, 5.74) is 3.51. The minimum atomic E-state index is -1.77. The predicted molar refractivity (Wildman–Crippen MR) is 68.4 cm³/mol. The van der Waals surface area contributed by atoms with E-state index >= 15 is 0 Å². The summed E-state index contributed by atoms with van der Waals surface area (Å²) < 4.78 is 0. The molecule has 1 amide bonds. The fourth-order valence-corrected chi connectivity index (χ4v) is 2.42. The molecule has 0 aromatic heterocycles. The van der Waals surface area contributed by atoms with Gasteiger partial charge in [0, 0.05) is 18.2 Å². The van der Waals surface area contributed by atoms with E-state index in [1.165, 1.54) is 0 Å². The number of Topliss-reactive ketones (excluding diaryl/α,β-unsaturated/α-hetero) is 1. The second kappa shape index (κ2) is 5.71. The van der Waals surface area contributed by atoms with E-state index in [-0.39, 0.29) is 25.4 Å². The van der Waals surface area contributed by atoms with Gasteiger partial charge in [-0.2, -0.15) is 12.6 Å². The maximum atomic E-state index is 12.1. The average Bonchev–Trinajstić information content (AvgIpc) is 2.81. The average molecular weight is 274 g/mol. The molecule has 0 spiro atoms. The fourth-order valence-electron chi connectivity index (χ4n) is 2.26. The maximum absolute atomic E-state index is 12.1. The number of likely N-dealkylation sites (tertiary alicyclic amines) is 1. The standard InChI is InChI=1S/C11H18N2O4S/c1-7(6-18)9(15)13-4-2-3-11(13,10(16)17)8(14)5-12/h7,18H,2-6,12H2,1H3,(H,16,17)/t7?,11-/m0/s1. The van der Waals surface area contributed by atoms with Crippen molar-refractivity contribution in [1.82, 2.24) is 4.90 Å². The first kappa shape index (κ1) is 15.0. The van der Waals surface area contributed by atoms with E-state index in [4.69, 9.17) is 5.73 Å². The van der Waals surface area contributed by atoms with Gasteiger partial charge in [-0.05, 0) is 12.8 Å². The number of amides is 1. The number of rotatable bonds is 5. The molecule has 1 fully saturated rings. The number of hydrogen-bond donors (Lipinski definition) is 3. The lowest BCUT2D eigenvalue weighted by Crippen LogP contribution is -2.61. The van der Waals surface area contributed by atoms with Gasteiger partial charge in [0.05, 0.1) is 6.54 Å². The van der Waals surface area contributed by atoms with Crippen LogP contribution in [0.4, 0.5) is 0 Å². The van der Waals surface area contributed by atoms with Crippen molar-refractivity contribution in [3.05, 3.63) is 0 Å². The van der Waals surface area contributed by atoms with Crippen LogP contribution in [0.25, 0.3) is 0 Å². The highest BCUT2D eigenvalue weighted by Gasteiger charge is 2.55. The number of nitrogens with zero attached hydrogens (tertiary/aromatic N) is 1. The predicted octanol–water partition coefficient (Wildman–Crippen LogP) is -0.474. The molecule has 102 valence electrons. The van der Waals surface area contributed by atoms with Gasteiger partial charge in [0.2, 0.25) is 11.4 Å². The molecular formula is C11H18N2O4S. The molecule has 6 nitrogen and oxygen atoms in total. The molecule has 3 N–H and O–H groups in total. The number of ketones is 1. The molecular weight excluding hydrogens is 256 g/mol. The molecule has 2 atom stereocenters. The largest absolute Gasteiger partial charge is 0.479 e. The third-order valence-electron chi connectivity index (χ3n) is 3.34. The fraction of sp³-hybridized carbons (Fsp3) is 0.727. The summed E-state index contributed by atoms with van der Waals surface area (Å²) in [6.45, 7) is 1.55. The highest BCUT2D eigenvalue weighted by atomic mass is 32.1. The summed E-state index contributed by atoms with van der Waals surface area (Å²) in [6, 6.07) is 0. The van der Waals surface area contributed by atoms with Gasteiger partial charge in [0.15, 0.2) is 5.78 Å². The lowest BCUT2D eigenvalue weighted by molar-refractivity contribution is -0.162. The molecule has 0 aromatic carbocycles. The highest BCUT2D eigenvalue weighted by Crippen LogP contribution is 2.32. The second-order valence-electron chi connectivity index (χ2n) is 4.47. The molecule has 0 aliphatic carbocycles. The van der Waals surface area contributed by atoms with Crippen LogP contribution in [0.2, 0.25) is 0 Å². The Morgan fingerprint density at radius 2 is 2.11 bits per heavy atom.